The molecule has 0 radical (unpaired) electrons. The van der Waals surface area contributed by atoms with Gasteiger partial charge in [0, 0.05) is 18.8 Å². The topological polar surface area (TPSA) is 35.8 Å². The summed E-state index contributed by atoms with van der Waals surface area (Å²) in [5.41, 5.74) is 2.82. The van der Waals surface area contributed by atoms with Crippen molar-refractivity contribution in [2.45, 2.75) is 32.4 Å². The predicted molar refractivity (Wildman–Crippen MR) is 64.4 cm³/mol. The molecule has 0 spiro atoms. The van der Waals surface area contributed by atoms with Crippen LogP contribution in [0.2, 0.25) is 0 Å². The Hall–Kier alpha value is -1.35. The summed E-state index contributed by atoms with van der Waals surface area (Å²) in [6, 6.07) is 4.52. The van der Waals surface area contributed by atoms with Gasteiger partial charge in [-0.15, -0.1) is 0 Å². The summed E-state index contributed by atoms with van der Waals surface area (Å²) in [6.45, 7) is 3.97. The molecule has 2 aliphatic rings. The molecule has 1 aromatic carbocycles. The van der Waals surface area contributed by atoms with Gasteiger partial charge in [0.15, 0.2) is 0 Å². The van der Waals surface area contributed by atoms with Crippen molar-refractivity contribution < 1.29 is 5.11 Å². The number of hydrogen-bond donors (Lipinski definition) is 1. The van der Waals surface area contributed by atoms with Crippen molar-refractivity contribution in [2.24, 2.45) is 4.99 Å². The number of phenols is 1. The number of phenolic OH excluding ortho intramolecular Hbond substituents is 1. The maximum absolute atomic E-state index is 10.00. The number of hydrogen-bond acceptors (Lipinski definition) is 3. The highest BCUT2D eigenvalue weighted by Gasteiger charge is 2.26. The predicted octanol–water partition coefficient (Wildman–Crippen LogP) is 2.38. The van der Waals surface area contributed by atoms with Gasteiger partial charge in [-0.2, -0.15) is 0 Å². The van der Waals surface area contributed by atoms with Gasteiger partial charge in [-0.05, 0) is 37.4 Å². The van der Waals surface area contributed by atoms with Crippen LogP contribution < -0.4 is 0 Å². The number of fused-ring (bicyclic) bond motifs is 2. The normalized spacial score (nSPS) is 23.9. The number of aliphatic imine (C=N–C) groups is 1. The third kappa shape index (κ3) is 1.43. The maximum Gasteiger partial charge on any atom is 0.144 e. The van der Waals surface area contributed by atoms with E-state index in [1.807, 2.05) is 19.2 Å². The third-order valence-corrected chi connectivity index (χ3v) is 3.60. The van der Waals surface area contributed by atoms with Crippen LogP contribution in [0.4, 0.5) is 5.69 Å². The van der Waals surface area contributed by atoms with Crippen molar-refractivity contribution >= 4 is 11.9 Å². The number of aryl methyl sites for hydroxylation is 1. The molecule has 1 atom stereocenters. The average molecular weight is 216 g/mol. The molecule has 84 valence electrons. The Morgan fingerprint density at radius 3 is 3.19 bits per heavy atom. The monoisotopic (exact) mass is 216 g/mol. The molecule has 0 bridgehead atoms. The van der Waals surface area contributed by atoms with Crippen molar-refractivity contribution in [3.8, 4) is 5.75 Å². The Balaban J connectivity index is 2.07. The van der Waals surface area contributed by atoms with E-state index in [1.165, 1.54) is 12.8 Å². The lowest BCUT2D eigenvalue weighted by atomic mass is 10.1. The van der Waals surface area contributed by atoms with Crippen LogP contribution in [0.1, 0.15) is 24.0 Å². The van der Waals surface area contributed by atoms with E-state index in [4.69, 9.17) is 0 Å². The Bertz CT molecular complexity index is 453. The van der Waals surface area contributed by atoms with E-state index in [9.17, 15) is 5.11 Å². The van der Waals surface area contributed by atoms with Crippen LogP contribution in [0.3, 0.4) is 0 Å². The maximum atomic E-state index is 10.00. The van der Waals surface area contributed by atoms with Crippen LogP contribution in [0.15, 0.2) is 17.1 Å². The molecule has 2 heterocycles. The van der Waals surface area contributed by atoms with Gasteiger partial charge in [-0.1, -0.05) is 12.1 Å². The summed E-state index contributed by atoms with van der Waals surface area (Å²) >= 11 is 0. The van der Waals surface area contributed by atoms with Crippen molar-refractivity contribution in [3.63, 3.8) is 0 Å². The number of rotatable bonds is 0. The molecule has 0 amide bonds. The highest BCUT2D eigenvalue weighted by molar-refractivity contribution is 5.74. The van der Waals surface area contributed by atoms with E-state index in [1.54, 1.807) is 0 Å². The van der Waals surface area contributed by atoms with E-state index in [-0.39, 0.29) is 0 Å². The van der Waals surface area contributed by atoms with Gasteiger partial charge in [0.1, 0.15) is 11.4 Å². The fourth-order valence-electron chi connectivity index (χ4n) is 2.59. The molecule has 3 rings (SSSR count). The molecule has 1 N–H and O–H groups in total. The minimum atomic E-state index is 0.343. The number of benzene rings is 1. The van der Waals surface area contributed by atoms with E-state index in [2.05, 4.69) is 16.0 Å². The quantitative estimate of drug-likeness (QED) is 0.722. The highest BCUT2D eigenvalue weighted by Crippen LogP contribution is 2.37. The fourth-order valence-corrected chi connectivity index (χ4v) is 2.59. The zero-order valence-corrected chi connectivity index (χ0v) is 9.48. The lowest BCUT2D eigenvalue weighted by molar-refractivity contribution is 0.300. The Labute approximate surface area is 95.4 Å². The van der Waals surface area contributed by atoms with Crippen LogP contribution in [0.25, 0.3) is 0 Å². The lowest BCUT2D eigenvalue weighted by Gasteiger charge is -2.19. The molecule has 1 fully saturated rings. The molecule has 1 saturated heterocycles. The molecule has 3 nitrogen and oxygen atoms in total. The van der Waals surface area contributed by atoms with Crippen molar-refractivity contribution in [1.29, 1.82) is 0 Å². The van der Waals surface area contributed by atoms with Gasteiger partial charge in [-0.25, -0.2) is 0 Å². The zero-order chi connectivity index (χ0) is 11.1. The molecule has 0 saturated carbocycles. The first-order chi connectivity index (χ1) is 7.75. The summed E-state index contributed by atoms with van der Waals surface area (Å²) in [4.78, 5) is 6.91. The van der Waals surface area contributed by atoms with Crippen molar-refractivity contribution in [2.75, 3.05) is 6.54 Å². The smallest absolute Gasteiger partial charge is 0.144 e. The molecule has 2 aliphatic heterocycles. The third-order valence-electron chi connectivity index (χ3n) is 3.60. The molecule has 3 heteroatoms. The van der Waals surface area contributed by atoms with Crippen LogP contribution in [-0.4, -0.2) is 28.8 Å². The van der Waals surface area contributed by atoms with E-state index in [0.717, 1.165) is 29.9 Å². The van der Waals surface area contributed by atoms with E-state index < -0.39 is 0 Å². The van der Waals surface area contributed by atoms with Crippen LogP contribution in [0.5, 0.6) is 5.75 Å². The average Bonchev–Trinajstić information content (AvgIpc) is 2.63. The molecule has 1 aromatic rings. The minimum Gasteiger partial charge on any atom is -0.505 e. The van der Waals surface area contributed by atoms with Crippen molar-refractivity contribution in [1.82, 2.24) is 4.90 Å². The largest absolute Gasteiger partial charge is 0.505 e. The summed E-state index contributed by atoms with van der Waals surface area (Å²) < 4.78 is 0. The summed E-state index contributed by atoms with van der Waals surface area (Å²) in [6.07, 6.45) is 4.44. The zero-order valence-electron chi connectivity index (χ0n) is 9.48. The van der Waals surface area contributed by atoms with E-state index in [0.29, 0.717) is 11.8 Å². The lowest BCUT2D eigenvalue weighted by Crippen LogP contribution is -2.28. The Morgan fingerprint density at radius 1 is 1.44 bits per heavy atom. The van der Waals surface area contributed by atoms with Crippen LogP contribution >= 0.6 is 0 Å². The molecule has 1 unspecified atom stereocenters. The Morgan fingerprint density at radius 2 is 2.31 bits per heavy atom. The standard InChI is InChI=1S/C13H16N2O/c1-9-4-5-10-8-15-6-2-3-11(15)7-14-12(10)13(9)16/h4-5,7,11,16H,2-3,6,8H2,1H3. The second kappa shape index (κ2) is 3.59. The van der Waals surface area contributed by atoms with Crippen molar-refractivity contribution in [3.05, 3.63) is 23.3 Å². The summed E-state index contributed by atoms with van der Waals surface area (Å²) in [5, 5.41) is 10.00. The molecular weight excluding hydrogens is 200 g/mol. The second-order valence-electron chi connectivity index (χ2n) is 4.70. The molecular formula is C13H16N2O. The minimum absolute atomic E-state index is 0.343. The first-order valence-corrected chi connectivity index (χ1v) is 5.85. The molecule has 0 aliphatic carbocycles. The first-order valence-electron chi connectivity index (χ1n) is 5.85. The van der Waals surface area contributed by atoms with Gasteiger partial charge in [0.05, 0.1) is 0 Å². The number of aromatic hydroxyl groups is 1. The van der Waals surface area contributed by atoms with Gasteiger partial charge in [0.2, 0.25) is 0 Å². The van der Waals surface area contributed by atoms with Gasteiger partial charge in [0.25, 0.3) is 0 Å². The highest BCUT2D eigenvalue weighted by atomic mass is 16.3. The molecule has 0 aromatic heterocycles. The van der Waals surface area contributed by atoms with Gasteiger partial charge in [-0.3, -0.25) is 9.89 Å². The van der Waals surface area contributed by atoms with Crippen LogP contribution in [0, 0.1) is 6.92 Å². The van der Waals surface area contributed by atoms with Gasteiger partial charge < -0.3 is 5.11 Å². The fraction of sp³-hybridized carbons (Fsp3) is 0.462. The molecule has 16 heavy (non-hydrogen) atoms. The SMILES string of the molecule is Cc1ccc2c(c1O)N=CC1CCCN1C2. The van der Waals surface area contributed by atoms with Crippen LogP contribution in [-0.2, 0) is 6.54 Å². The second-order valence-corrected chi connectivity index (χ2v) is 4.70. The first kappa shape index (κ1) is 9.85. The number of nitrogens with zero attached hydrogens (tertiary/aromatic N) is 2. The van der Waals surface area contributed by atoms with Gasteiger partial charge >= 0.3 is 0 Å². The summed E-state index contributed by atoms with van der Waals surface area (Å²) in [7, 11) is 0. The van der Waals surface area contributed by atoms with E-state index >= 15 is 0 Å². The Kier molecular flexibility index (Phi) is 2.21. The summed E-state index contributed by atoms with van der Waals surface area (Å²) in [5.74, 6) is 0.343.